The van der Waals surface area contributed by atoms with Crippen LogP contribution in [0.5, 0.6) is 0 Å². The SMILES string of the molecule is CCCCCCCCCCCCCCCC(O)NCCCCCC. The minimum absolute atomic E-state index is 0.278. The van der Waals surface area contributed by atoms with Gasteiger partial charge in [-0.1, -0.05) is 110 Å². The van der Waals surface area contributed by atoms with Crippen molar-refractivity contribution in [1.82, 2.24) is 5.32 Å². The molecule has 0 aromatic carbocycles. The van der Waals surface area contributed by atoms with Crippen LogP contribution in [0.3, 0.4) is 0 Å². The van der Waals surface area contributed by atoms with Crippen molar-refractivity contribution in [2.45, 2.75) is 136 Å². The van der Waals surface area contributed by atoms with Crippen LogP contribution in [0.1, 0.15) is 129 Å². The van der Waals surface area contributed by atoms with Crippen molar-refractivity contribution in [1.29, 1.82) is 0 Å². The fourth-order valence-electron chi connectivity index (χ4n) is 3.28. The molecular weight excluding hydrogens is 294 g/mol. The van der Waals surface area contributed by atoms with E-state index in [4.69, 9.17) is 0 Å². The second-order valence-corrected chi connectivity index (χ2v) is 7.56. The summed E-state index contributed by atoms with van der Waals surface area (Å²) in [7, 11) is 0. The minimum atomic E-state index is -0.278. The van der Waals surface area contributed by atoms with Gasteiger partial charge < -0.3 is 5.11 Å². The van der Waals surface area contributed by atoms with Crippen LogP contribution in [0.25, 0.3) is 0 Å². The van der Waals surface area contributed by atoms with E-state index in [1.54, 1.807) is 0 Å². The largest absolute Gasteiger partial charge is 0.379 e. The number of nitrogens with one attached hydrogen (secondary N) is 1. The first-order valence-corrected chi connectivity index (χ1v) is 11.2. The van der Waals surface area contributed by atoms with E-state index in [1.807, 2.05) is 0 Å². The molecule has 0 spiro atoms. The van der Waals surface area contributed by atoms with Crippen molar-refractivity contribution in [3.63, 3.8) is 0 Å². The average Bonchev–Trinajstić information content (AvgIpc) is 2.59. The highest BCUT2D eigenvalue weighted by atomic mass is 16.3. The summed E-state index contributed by atoms with van der Waals surface area (Å²) in [6.07, 6.45) is 23.7. The number of hydrogen-bond donors (Lipinski definition) is 2. The van der Waals surface area contributed by atoms with Crippen LogP contribution in [-0.4, -0.2) is 17.9 Å². The molecular formula is C22H47NO. The van der Waals surface area contributed by atoms with E-state index in [-0.39, 0.29) is 6.23 Å². The van der Waals surface area contributed by atoms with E-state index in [0.717, 1.165) is 13.0 Å². The van der Waals surface area contributed by atoms with Gasteiger partial charge in [0.2, 0.25) is 0 Å². The highest BCUT2D eigenvalue weighted by molar-refractivity contribution is 4.56. The Hall–Kier alpha value is -0.0800. The number of aliphatic hydroxyl groups excluding tert-OH is 1. The second-order valence-electron chi connectivity index (χ2n) is 7.56. The van der Waals surface area contributed by atoms with Gasteiger partial charge in [0.1, 0.15) is 6.23 Å². The second kappa shape index (κ2) is 21.0. The summed E-state index contributed by atoms with van der Waals surface area (Å²) in [6.45, 7) is 5.49. The molecule has 0 rings (SSSR count). The molecule has 146 valence electrons. The zero-order valence-electron chi connectivity index (χ0n) is 17.0. The van der Waals surface area contributed by atoms with Gasteiger partial charge in [0, 0.05) is 0 Å². The lowest BCUT2D eigenvalue weighted by atomic mass is 10.0. The maximum atomic E-state index is 9.87. The average molecular weight is 342 g/mol. The highest BCUT2D eigenvalue weighted by Crippen LogP contribution is 2.13. The van der Waals surface area contributed by atoms with Gasteiger partial charge in [-0.25, -0.2) is 0 Å². The van der Waals surface area contributed by atoms with E-state index >= 15 is 0 Å². The molecule has 0 aromatic rings. The molecule has 24 heavy (non-hydrogen) atoms. The van der Waals surface area contributed by atoms with Crippen LogP contribution < -0.4 is 5.32 Å². The van der Waals surface area contributed by atoms with E-state index < -0.39 is 0 Å². The van der Waals surface area contributed by atoms with Crippen LogP contribution in [0.2, 0.25) is 0 Å². The maximum absolute atomic E-state index is 9.87. The van der Waals surface area contributed by atoms with E-state index in [0.29, 0.717) is 0 Å². The summed E-state index contributed by atoms with van der Waals surface area (Å²) in [4.78, 5) is 0. The molecule has 0 heterocycles. The fraction of sp³-hybridized carbons (Fsp3) is 1.00. The standard InChI is InChI=1S/C22H47NO/c1-3-5-7-9-10-11-12-13-14-15-16-17-18-20-22(24)23-21-19-8-6-4-2/h22-24H,3-21H2,1-2H3. The zero-order chi connectivity index (χ0) is 17.7. The molecule has 2 N–H and O–H groups in total. The van der Waals surface area contributed by atoms with Gasteiger partial charge in [0.05, 0.1) is 0 Å². The monoisotopic (exact) mass is 341 g/mol. The van der Waals surface area contributed by atoms with Crippen molar-refractivity contribution in [2.24, 2.45) is 0 Å². The third-order valence-electron chi connectivity index (χ3n) is 4.99. The molecule has 0 fully saturated rings. The lowest BCUT2D eigenvalue weighted by Gasteiger charge is -2.12. The Labute approximate surface area is 153 Å². The van der Waals surface area contributed by atoms with Crippen LogP contribution in [0.15, 0.2) is 0 Å². The Kier molecular flexibility index (Phi) is 20.9. The Morgan fingerprint density at radius 2 is 0.917 bits per heavy atom. The molecule has 0 aliphatic heterocycles. The summed E-state index contributed by atoms with van der Waals surface area (Å²) in [5.74, 6) is 0. The molecule has 1 unspecified atom stereocenters. The van der Waals surface area contributed by atoms with E-state index in [1.165, 1.54) is 109 Å². The summed E-state index contributed by atoms with van der Waals surface area (Å²) < 4.78 is 0. The number of unbranched alkanes of at least 4 members (excludes halogenated alkanes) is 15. The quantitative estimate of drug-likeness (QED) is 0.185. The topological polar surface area (TPSA) is 32.3 Å². The van der Waals surface area contributed by atoms with Crippen molar-refractivity contribution in [2.75, 3.05) is 6.54 Å². The highest BCUT2D eigenvalue weighted by Gasteiger charge is 2.02. The van der Waals surface area contributed by atoms with Gasteiger partial charge >= 0.3 is 0 Å². The normalized spacial score (nSPS) is 12.6. The lowest BCUT2D eigenvalue weighted by Crippen LogP contribution is -2.29. The molecule has 2 nitrogen and oxygen atoms in total. The number of hydrogen-bond acceptors (Lipinski definition) is 2. The third kappa shape index (κ3) is 20.0. The molecule has 2 heteroatoms. The summed E-state index contributed by atoms with van der Waals surface area (Å²) in [5.41, 5.74) is 0. The molecule has 0 aliphatic rings. The molecule has 1 atom stereocenters. The fourth-order valence-corrected chi connectivity index (χ4v) is 3.28. The van der Waals surface area contributed by atoms with Crippen LogP contribution in [0, 0.1) is 0 Å². The van der Waals surface area contributed by atoms with Gasteiger partial charge in [0.25, 0.3) is 0 Å². The van der Waals surface area contributed by atoms with Gasteiger partial charge in [0.15, 0.2) is 0 Å². The smallest absolute Gasteiger partial charge is 0.104 e. The molecule has 0 saturated heterocycles. The van der Waals surface area contributed by atoms with Crippen LogP contribution in [0.4, 0.5) is 0 Å². The first kappa shape index (κ1) is 23.9. The van der Waals surface area contributed by atoms with Crippen molar-refractivity contribution < 1.29 is 5.11 Å². The van der Waals surface area contributed by atoms with Crippen molar-refractivity contribution >= 4 is 0 Å². The Bertz CT molecular complexity index is 220. The Balaban J connectivity index is 3.08. The molecule has 0 amide bonds. The van der Waals surface area contributed by atoms with Crippen molar-refractivity contribution in [3.05, 3.63) is 0 Å². The molecule has 0 radical (unpaired) electrons. The predicted molar refractivity (Wildman–Crippen MR) is 108 cm³/mol. The number of aliphatic hydroxyl groups is 1. The van der Waals surface area contributed by atoms with E-state index in [2.05, 4.69) is 19.2 Å². The van der Waals surface area contributed by atoms with Crippen molar-refractivity contribution in [3.8, 4) is 0 Å². The molecule has 0 aliphatic carbocycles. The predicted octanol–water partition coefficient (Wildman–Crippen LogP) is 6.96. The zero-order valence-corrected chi connectivity index (χ0v) is 17.0. The maximum Gasteiger partial charge on any atom is 0.104 e. The van der Waals surface area contributed by atoms with Crippen LogP contribution >= 0.6 is 0 Å². The lowest BCUT2D eigenvalue weighted by molar-refractivity contribution is 0.124. The Morgan fingerprint density at radius 1 is 0.542 bits per heavy atom. The molecule has 0 saturated carbocycles. The van der Waals surface area contributed by atoms with E-state index in [9.17, 15) is 5.11 Å². The first-order valence-electron chi connectivity index (χ1n) is 11.2. The molecule has 0 bridgehead atoms. The third-order valence-corrected chi connectivity index (χ3v) is 4.99. The first-order chi connectivity index (χ1) is 11.8. The number of rotatable bonds is 20. The summed E-state index contributed by atoms with van der Waals surface area (Å²) >= 11 is 0. The van der Waals surface area contributed by atoms with Crippen LogP contribution in [-0.2, 0) is 0 Å². The van der Waals surface area contributed by atoms with Gasteiger partial charge in [-0.3, -0.25) is 5.32 Å². The van der Waals surface area contributed by atoms with Gasteiger partial charge in [-0.15, -0.1) is 0 Å². The molecule has 0 aromatic heterocycles. The Morgan fingerprint density at radius 3 is 1.38 bits per heavy atom. The summed E-state index contributed by atoms with van der Waals surface area (Å²) in [6, 6.07) is 0. The summed E-state index contributed by atoms with van der Waals surface area (Å²) in [5, 5.41) is 13.1. The minimum Gasteiger partial charge on any atom is -0.379 e. The van der Waals surface area contributed by atoms with Gasteiger partial charge in [-0.2, -0.15) is 0 Å². The van der Waals surface area contributed by atoms with Gasteiger partial charge in [-0.05, 0) is 25.8 Å².